The molecule has 0 fully saturated rings. The van der Waals surface area contributed by atoms with E-state index in [0.717, 1.165) is 0 Å². The average molecular weight is 313 g/mol. The molecule has 1 aromatic heterocycles. The number of aromatic nitrogens is 2. The summed E-state index contributed by atoms with van der Waals surface area (Å²) in [6, 6.07) is -0.155. The van der Waals surface area contributed by atoms with Crippen LogP contribution in [0.5, 0.6) is 0 Å². The minimum atomic E-state index is -0.848. The summed E-state index contributed by atoms with van der Waals surface area (Å²) >= 11 is 1.23. The van der Waals surface area contributed by atoms with Crippen molar-refractivity contribution in [1.29, 1.82) is 0 Å². The molecule has 0 saturated carbocycles. The molecule has 0 bridgehead atoms. The number of rotatable bonds is 7. The van der Waals surface area contributed by atoms with Gasteiger partial charge in [-0.2, -0.15) is 4.98 Å². The van der Waals surface area contributed by atoms with Gasteiger partial charge in [0.05, 0.1) is 5.56 Å². The van der Waals surface area contributed by atoms with Crippen LogP contribution in [-0.2, 0) is 4.79 Å². The van der Waals surface area contributed by atoms with Gasteiger partial charge in [-0.25, -0.2) is 4.79 Å². The summed E-state index contributed by atoms with van der Waals surface area (Å²) < 4.78 is 0. The number of hydrogen-bond acceptors (Lipinski definition) is 5. The standard InChI is InChI=1S/C13H19N3O4S/c1-7(5-4-6-9(17)18)14-11(19)10-8(2)15-13(20)16-12(10)21-3/h7H,4-6H2,1-3H3,(H,14,19)(H,17,18)(H,15,16,20). The first kappa shape index (κ1) is 17.2. The maximum absolute atomic E-state index is 12.3. The van der Waals surface area contributed by atoms with Crippen molar-refractivity contribution in [3.63, 3.8) is 0 Å². The Morgan fingerprint density at radius 3 is 2.71 bits per heavy atom. The predicted molar refractivity (Wildman–Crippen MR) is 79.8 cm³/mol. The van der Waals surface area contributed by atoms with E-state index in [1.807, 2.05) is 6.92 Å². The summed E-state index contributed by atoms with van der Waals surface area (Å²) in [5.41, 5.74) is 0.338. The third kappa shape index (κ3) is 5.22. The minimum absolute atomic E-state index is 0.0789. The molecule has 1 atom stereocenters. The average Bonchev–Trinajstić information content (AvgIpc) is 2.36. The van der Waals surface area contributed by atoms with Crippen LogP contribution in [0.1, 0.15) is 42.2 Å². The number of nitrogens with zero attached hydrogens (tertiary/aromatic N) is 1. The zero-order valence-corrected chi connectivity index (χ0v) is 13.0. The van der Waals surface area contributed by atoms with Gasteiger partial charge < -0.3 is 15.4 Å². The van der Waals surface area contributed by atoms with Gasteiger partial charge in [0.15, 0.2) is 0 Å². The molecule has 0 aliphatic carbocycles. The Morgan fingerprint density at radius 2 is 2.14 bits per heavy atom. The fraction of sp³-hybridized carbons (Fsp3) is 0.538. The number of hydrogen-bond donors (Lipinski definition) is 3. The van der Waals surface area contributed by atoms with E-state index in [1.54, 1.807) is 13.2 Å². The molecule has 1 unspecified atom stereocenters. The molecule has 7 nitrogen and oxygen atoms in total. The quantitative estimate of drug-likeness (QED) is 0.514. The van der Waals surface area contributed by atoms with Crippen LogP contribution in [-0.4, -0.2) is 39.2 Å². The molecule has 0 aliphatic rings. The van der Waals surface area contributed by atoms with Crippen LogP contribution < -0.4 is 11.0 Å². The van der Waals surface area contributed by atoms with Crippen molar-refractivity contribution in [3.05, 3.63) is 21.7 Å². The molecule has 1 amide bonds. The van der Waals surface area contributed by atoms with Gasteiger partial charge in [0.25, 0.3) is 5.91 Å². The topological polar surface area (TPSA) is 112 Å². The number of carboxylic acid groups (broad SMARTS) is 1. The van der Waals surface area contributed by atoms with E-state index in [9.17, 15) is 14.4 Å². The van der Waals surface area contributed by atoms with Crippen molar-refractivity contribution < 1.29 is 14.7 Å². The fourth-order valence-corrected chi connectivity index (χ4v) is 2.53. The van der Waals surface area contributed by atoms with Gasteiger partial charge in [0.2, 0.25) is 0 Å². The van der Waals surface area contributed by atoms with E-state index in [1.165, 1.54) is 11.8 Å². The molecule has 0 saturated heterocycles. The maximum atomic E-state index is 12.3. The second-order valence-electron chi connectivity index (χ2n) is 4.71. The van der Waals surface area contributed by atoms with Crippen molar-refractivity contribution in [1.82, 2.24) is 15.3 Å². The van der Waals surface area contributed by atoms with Crippen LogP contribution in [0, 0.1) is 6.92 Å². The molecular formula is C13H19N3O4S. The van der Waals surface area contributed by atoms with E-state index in [2.05, 4.69) is 15.3 Å². The molecule has 116 valence electrons. The summed E-state index contributed by atoms with van der Waals surface area (Å²) in [6.45, 7) is 3.46. The number of aliphatic carboxylic acids is 1. The summed E-state index contributed by atoms with van der Waals surface area (Å²) in [4.78, 5) is 40.3. The Labute approximate surface area is 126 Å². The molecule has 1 rings (SSSR count). The van der Waals surface area contributed by atoms with Gasteiger partial charge in [-0.3, -0.25) is 9.59 Å². The van der Waals surface area contributed by atoms with Gasteiger partial charge in [0, 0.05) is 18.2 Å². The fourth-order valence-electron chi connectivity index (χ4n) is 1.90. The van der Waals surface area contributed by atoms with Crippen molar-refractivity contribution in [3.8, 4) is 0 Å². The van der Waals surface area contributed by atoms with E-state index >= 15 is 0 Å². The van der Waals surface area contributed by atoms with Crippen LogP contribution in [0.2, 0.25) is 0 Å². The van der Waals surface area contributed by atoms with Gasteiger partial charge in [0.1, 0.15) is 5.03 Å². The zero-order valence-electron chi connectivity index (χ0n) is 12.2. The Kier molecular flexibility index (Phi) is 6.41. The number of aryl methyl sites for hydroxylation is 1. The van der Waals surface area contributed by atoms with Crippen LogP contribution in [0.25, 0.3) is 0 Å². The summed E-state index contributed by atoms with van der Waals surface area (Å²) in [6.07, 6.45) is 2.89. The second-order valence-corrected chi connectivity index (χ2v) is 5.51. The lowest BCUT2D eigenvalue weighted by molar-refractivity contribution is -0.137. The van der Waals surface area contributed by atoms with Crippen molar-refractivity contribution in [2.45, 2.75) is 44.2 Å². The molecule has 21 heavy (non-hydrogen) atoms. The van der Waals surface area contributed by atoms with Crippen LogP contribution in [0.4, 0.5) is 0 Å². The van der Waals surface area contributed by atoms with Crippen molar-refractivity contribution in [2.24, 2.45) is 0 Å². The predicted octanol–water partition coefficient (Wildman–Crippen LogP) is 1.17. The van der Waals surface area contributed by atoms with Crippen molar-refractivity contribution in [2.75, 3.05) is 6.26 Å². The lowest BCUT2D eigenvalue weighted by Crippen LogP contribution is -2.34. The van der Waals surface area contributed by atoms with Crippen LogP contribution in [0.15, 0.2) is 9.82 Å². The van der Waals surface area contributed by atoms with Crippen molar-refractivity contribution >= 4 is 23.6 Å². The Bertz CT molecular complexity index is 585. The highest BCUT2D eigenvalue weighted by atomic mass is 32.2. The Balaban J connectivity index is 2.76. The normalized spacial score (nSPS) is 12.0. The first-order valence-electron chi connectivity index (χ1n) is 6.52. The number of thioether (sulfide) groups is 1. The highest BCUT2D eigenvalue weighted by Crippen LogP contribution is 2.18. The molecular weight excluding hydrogens is 294 g/mol. The van der Waals surface area contributed by atoms with E-state index in [0.29, 0.717) is 29.1 Å². The lowest BCUT2D eigenvalue weighted by atomic mass is 10.1. The first-order valence-corrected chi connectivity index (χ1v) is 7.75. The largest absolute Gasteiger partial charge is 0.481 e. The van der Waals surface area contributed by atoms with Crippen LogP contribution in [0.3, 0.4) is 0 Å². The lowest BCUT2D eigenvalue weighted by Gasteiger charge is -2.15. The SMILES string of the molecule is CSc1nc(=O)[nH]c(C)c1C(=O)NC(C)CCCC(=O)O. The second kappa shape index (κ2) is 7.82. The van der Waals surface area contributed by atoms with Gasteiger partial charge >= 0.3 is 11.7 Å². The van der Waals surface area contributed by atoms with E-state index in [-0.39, 0.29) is 18.4 Å². The van der Waals surface area contributed by atoms with Gasteiger partial charge in [-0.05, 0) is 32.9 Å². The molecule has 0 aromatic carbocycles. The van der Waals surface area contributed by atoms with Gasteiger partial charge in [-0.15, -0.1) is 11.8 Å². The van der Waals surface area contributed by atoms with Gasteiger partial charge in [-0.1, -0.05) is 0 Å². The molecule has 3 N–H and O–H groups in total. The number of nitrogens with one attached hydrogen (secondary N) is 2. The zero-order chi connectivity index (χ0) is 16.0. The summed E-state index contributed by atoms with van der Waals surface area (Å²) in [5, 5.41) is 11.8. The highest BCUT2D eigenvalue weighted by Gasteiger charge is 2.18. The summed E-state index contributed by atoms with van der Waals surface area (Å²) in [5.74, 6) is -1.16. The molecule has 0 aliphatic heterocycles. The number of carbonyl (C=O) groups excluding carboxylic acids is 1. The monoisotopic (exact) mass is 313 g/mol. The first-order chi connectivity index (χ1) is 9.85. The molecule has 8 heteroatoms. The molecule has 0 spiro atoms. The number of H-pyrrole nitrogens is 1. The smallest absolute Gasteiger partial charge is 0.346 e. The molecule has 1 aromatic rings. The third-order valence-electron chi connectivity index (χ3n) is 2.91. The number of aromatic amines is 1. The Morgan fingerprint density at radius 1 is 1.48 bits per heavy atom. The third-order valence-corrected chi connectivity index (χ3v) is 3.59. The molecule has 1 heterocycles. The Hall–Kier alpha value is -1.83. The number of carboxylic acids is 1. The number of amides is 1. The van der Waals surface area contributed by atoms with E-state index < -0.39 is 11.7 Å². The number of carbonyl (C=O) groups is 2. The minimum Gasteiger partial charge on any atom is -0.481 e. The summed E-state index contributed by atoms with van der Waals surface area (Å²) in [7, 11) is 0. The van der Waals surface area contributed by atoms with E-state index in [4.69, 9.17) is 5.11 Å². The highest BCUT2D eigenvalue weighted by molar-refractivity contribution is 7.98. The van der Waals surface area contributed by atoms with Crippen LogP contribution >= 0.6 is 11.8 Å². The molecule has 0 radical (unpaired) electrons. The maximum Gasteiger partial charge on any atom is 0.346 e.